The van der Waals surface area contributed by atoms with Gasteiger partial charge in [-0.15, -0.1) is 11.6 Å². The molecule has 1 aromatic carbocycles. The Labute approximate surface area is 77.9 Å². The van der Waals surface area contributed by atoms with Gasteiger partial charge in [-0.05, 0) is 18.2 Å². The van der Waals surface area contributed by atoms with Gasteiger partial charge in [-0.3, -0.25) is 0 Å². The number of hydrogen-bond donors (Lipinski definition) is 0. The van der Waals surface area contributed by atoms with Crippen LogP contribution in [0.15, 0.2) is 24.3 Å². The quantitative estimate of drug-likeness (QED) is 0.556. The molecule has 1 aliphatic heterocycles. The Hall–Kier alpha value is -0.530. The van der Waals surface area contributed by atoms with Gasteiger partial charge in [-0.2, -0.15) is 0 Å². The van der Waals surface area contributed by atoms with E-state index in [0.717, 1.165) is 13.1 Å². The Morgan fingerprint density at radius 3 is 3.00 bits per heavy atom. The Kier molecular flexibility index (Phi) is 2.07. The van der Waals surface area contributed by atoms with Crippen molar-refractivity contribution in [2.75, 3.05) is 13.6 Å². The second kappa shape index (κ2) is 3.08. The smallest absolute Gasteiger partial charge is 0.0715 e. The first-order valence-corrected chi connectivity index (χ1v) is 4.61. The summed E-state index contributed by atoms with van der Waals surface area (Å²) in [6.07, 6.45) is 0. The fourth-order valence-electron chi connectivity index (χ4n) is 1.71. The predicted molar refractivity (Wildman–Crippen MR) is 51.4 cm³/mol. The molecule has 1 heterocycles. The number of alkyl halides is 1. The van der Waals surface area contributed by atoms with Crippen LogP contribution in [-0.4, -0.2) is 18.5 Å². The molecule has 0 radical (unpaired) electrons. The van der Waals surface area contributed by atoms with E-state index in [2.05, 4.69) is 36.2 Å². The van der Waals surface area contributed by atoms with Crippen LogP contribution in [0.4, 0.5) is 0 Å². The Morgan fingerprint density at radius 1 is 1.42 bits per heavy atom. The van der Waals surface area contributed by atoms with Gasteiger partial charge < -0.3 is 4.90 Å². The number of halogens is 1. The molecule has 12 heavy (non-hydrogen) atoms. The lowest BCUT2D eigenvalue weighted by molar-refractivity contribution is 0.308. The first kappa shape index (κ1) is 8.09. The zero-order valence-electron chi connectivity index (χ0n) is 7.13. The Bertz CT molecular complexity index is 285. The molecule has 0 spiro atoms. The van der Waals surface area contributed by atoms with Crippen LogP contribution in [0.25, 0.3) is 0 Å². The summed E-state index contributed by atoms with van der Waals surface area (Å²) in [6, 6.07) is 8.40. The lowest BCUT2D eigenvalue weighted by atomic mass is 10.0. The fraction of sp³-hybridized carbons (Fsp3) is 0.400. The van der Waals surface area contributed by atoms with E-state index >= 15 is 0 Å². The minimum absolute atomic E-state index is 0.167. The molecule has 2 rings (SSSR count). The molecule has 1 unspecified atom stereocenters. The molecule has 0 bridgehead atoms. The lowest BCUT2D eigenvalue weighted by Crippen LogP contribution is -2.27. The number of likely N-dealkylation sites (N-methyl/N-ethyl adjacent to an activating group) is 1. The van der Waals surface area contributed by atoms with Gasteiger partial charge in [-0.1, -0.05) is 24.3 Å². The molecule has 2 heteroatoms. The van der Waals surface area contributed by atoms with Crippen molar-refractivity contribution in [1.82, 2.24) is 4.90 Å². The third-order valence-electron chi connectivity index (χ3n) is 2.30. The highest BCUT2D eigenvalue weighted by Gasteiger charge is 2.20. The van der Waals surface area contributed by atoms with Gasteiger partial charge in [0.25, 0.3) is 0 Å². The third kappa shape index (κ3) is 1.35. The number of nitrogens with zero attached hydrogens (tertiary/aromatic N) is 1. The summed E-state index contributed by atoms with van der Waals surface area (Å²) in [5.74, 6) is 0. The monoisotopic (exact) mass is 181 g/mol. The highest BCUT2D eigenvalue weighted by Crippen LogP contribution is 2.29. The van der Waals surface area contributed by atoms with Gasteiger partial charge in [-0.25, -0.2) is 0 Å². The molecule has 0 saturated heterocycles. The standard InChI is InChI=1S/C10H12ClN/c1-12-6-8-4-2-3-5-9(8)10(11)7-12/h2-5,10H,6-7H2,1H3. The van der Waals surface area contributed by atoms with Crippen LogP contribution in [0, 0.1) is 0 Å². The van der Waals surface area contributed by atoms with E-state index in [-0.39, 0.29) is 5.38 Å². The van der Waals surface area contributed by atoms with Gasteiger partial charge in [0, 0.05) is 13.1 Å². The average Bonchev–Trinajstić information content (AvgIpc) is 2.04. The van der Waals surface area contributed by atoms with Gasteiger partial charge in [0.1, 0.15) is 0 Å². The summed E-state index contributed by atoms with van der Waals surface area (Å²) in [7, 11) is 2.10. The minimum Gasteiger partial charge on any atom is -0.300 e. The second-order valence-electron chi connectivity index (χ2n) is 3.36. The molecule has 0 amide bonds. The summed E-state index contributed by atoms with van der Waals surface area (Å²) < 4.78 is 0. The summed E-state index contributed by atoms with van der Waals surface area (Å²) >= 11 is 6.20. The van der Waals surface area contributed by atoms with E-state index in [4.69, 9.17) is 11.6 Å². The average molecular weight is 182 g/mol. The number of hydrogen-bond acceptors (Lipinski definition) is 1. The third-order valence-corrected chi connectivity index (χ3v) is 2.68. The second-order valence-corrected chi connectivity index (χ2v) is 3.89. The van der Waals surface area contributed by atoms with Crippen LogP contribution in [0.2, 0.25) is 0 Å². The van der Waals surface area contributed by atoms with Crippen molar-refractivity contribution in [3.8, 4) is 0 Å². The molecule has 0 aliphatic carbocycles. The van der Waals surface area contributed by atoms with Crippen LogP contribution in [0.1, 0.15) is 16.5 Å². The van der Waals surface area contributed by atoms with Crippen molar-refractivity contribution in [2.24, 2.45) is 0 Å². The number of benzene rings is 1. The normalized spacial score (nSPS) is 23.7. The van der Waals surface area contributed by atoms with Crippen LogP contribution < -0.4 is 0 Å². The molecule has 0 fully saturated rings. The van der Waals surface area contributed by atoms with Gasteiger partial charge in [0.2, 0.25) is 0 Å². The molecule has 0 aromatic heterocycles. The van der Waals surface area contributed by atoms with Gasteiger partial charge >= 0.3 is 0 Å². The molecule has 1 aromatic rings. The van der Waals surface area contributed by atoms with E-state index in [9.17, 15) is 0 Å². The summed E-state index contributed by atoms with van der Waals surface area (Å²) in [5, 5.41) is 0.167. The highest BCUT2D eigenvalue weighted by atomic mass is 35.5. The van der Waals surface area contributed by atoms with Crippen molar-refractivity contribution in [1.29, 1.82) is 0 Å². The zero-order valence-corrected chi connectivity index (χ0v) is 7.88. The minimum atomic E-state index is 0.167. The van der Waals surface area contributed by atoms with Crippen molar-refractivity contribution >= 4 is 11.6 Å². The summed E-state index contributed by atoms with van der Waals surface area (Å²) in [6.45, 7) is 1.98. The molecule has 1 aliphatic rings. The molecule has 0 saturated carbocycles. The summed E-state index contributed by atoms with van der Waals surface area (Å²) in [4.78, 5) is 2.25. The SMILES string of the molecule is CN1Cc2ccccc2C(Cl)C1. The molecule has 0 N–H and O–H groups in total. The van der Waals surface area contributed by atoms with Crippen molar-refractivity contribution in [3.05, 3.63) is 35.4 Å². The topological polar surface area (TPSA) is 3.24 Å². The van der Waals surface area contributed by atoms with Crippen molar-refractivity contribution in [3.63, 3.8) is 0 Å². The van der Waals surface area contributed by atoms with E-state index < -0.39 is 0 Å². The molecule has 1 nitrogen and oxygen atoms in total. The molecular formula is C10H12ClN. The number of rotatable bonds is 0. The van der Waals surface area contributed by atoms with Crippen LogP contribution in [0.5, 0.6) is 0 Å². The van der Waals surface area contributed by atoms with Crippen LogP contribution in [0.3, 0.4) is 0 Å². The molecular weight excluding hydrogens is 170 g/mol. The Morgan fingerprint density at radius 2 is 2.17 bits per heavy atom. The van der Waals surface area contributed by atoms with Gasteiger partial charge in [0.05, 0.1) is 5.38 Å². The largest absolute Gasteiger partial charge is 0.300 e. The zero-order chi connectivity index (χ0) is 8.55. The highest BCUT2D eigenvalue weighted by molar-refractivity contribution is 6.21. The van der Waals surface area contributed by atoms with Gasteiger partial charge in [0.15, 0.2) is 0 Å². The van der Waals surface area contributed by atoms with E-state index in [0.29, 0.717) is 0 Å². The maximum Gasteiger partial charge on any atom is 0.0715 e. The maximum atomic E-state index is 6.20. The van der Waals surface area contributed by atoms with Crippen molar-refractivity contribution < 1.29 is 0 Å². The van der Waals surface area contributed by atoms with E-state index in [1.807, 2.05) is 0 Å². The van der Waals surface area contributed by atoms with Crippen LogP contribution in [-0.2, 0) is 6.54 Å². The number of fused-ring (bicyclic) bond motifs is 1. The summed E-state index contributed by atoms with van der Waals surface area (Å²) in [5.41, 5.74) is 2.67. The predicted octanol–water partition coefficient (Wildman–Crippen LogP) is 2.41. The molecule has 1 atom stereocenters. The first-order chi connectivity index (χ1) is 5.77. The first-order valence-electron chi connectivity index (χ1n) is 4.18. The maximum absolute atomic E-state index is 6.20. The van der Waals surface area contributed by atoms with Crippen LogP contribution >= 0.6 is 11.6 Å². The lowest BCUT2D eigenvalue weighted by Gasteiger charge is -2.28. The molecule has 64 valence electrons. The fourth-order valence-corrected chi connectivity index (χ4v) is 2.16. The Balaban J connectivity index is 2.40. The van der Waals surface area contributed by atoms with E-state index in [1.165, 1.54) is 11.1 Å². The van der Waals surface area contributed by atoms with E-state index in [1.54, 1.807) is 0 Å². The van der Waals surface area contributed by atoms with Crippen molar-refractivity contribution in [2.45, 2.75) is 11.9 Å².